The summed E-state index contributed by atoms with van der Waals surface area (Å²) in [7, 11) is 0. The maximum atomic E-state index is 6.03. The molecule has 23 heavy (non-hydrogen) atoms. The molecule has 1 fully saturated rings. The zero-order valence-electron chi connectivity index (χ0n) is 13.8. The Balaban J connectivity index is 1.54. The van der Waals surface area contributed by atoms with E-state index in [9.17, 15) is 0 Å². The predicted octanol–water partition coefficient (Wildman–Crippen LogP) is 3.84. The quantitative estimate of drug-likeness (QED) is 0.842. The first kappa shape index (κ1) is 16.0. The number of rotatable bonds is 7. The molecular weight excluding hydrogens is 286 g/mol. The second kappa shape index (κ2) is 8.14. The zero-order chi connectivity index (χ0) is 15.9. The minimum absolute atomic E-state index is 0.371. The third kappa shape index (κ3) is 4.81. The minimum atomic E-state index is 0.371. The topological polar surface area (TPSA) is 30.5 Å². The largest absolute Gasteiger partial charge is 0.489 e. The second-order valence-corrected chi connectivity index (χ2v) is 6.15. The number of aryl methyl sites for hydroxylation is 1. The Morgan fingerprint density at radius 3 is 2.91 bits per heavy atom. The highest BCUT2D eigenvalue weighted by Gasteiger charge is 2.14. The normalized spacial score (nSPS) is 17.3. The average molecular weight is 311 g/mol. The summed E-state index contributed by atoms with van der Waals surface area (Å²) in [6.45, 7) is 5.33. The van der Waals surface area contributed by atoms with Crippen molar-refractivity contribution in [2.75, 3.05) is 13.2 Å². The van der Waals surface area contributed by atoms with Crippen molar-refractivity contribution in [3.63, 3.8) is 0 Å². The summed E-state index contributed by atoms with van der Waals surface area (Å²) in [4.78, 5) is 0. The fraction of sp³-hybridized carbons (Fsp3) is 0.400. The molecule has 0 aliphatic carbocycles. The van der Waals surface area contributed by atoms with Crippen LogP contribution >= 0.6 is 0 Å². The fourth-order valence-electron chi connectivity index (χ4n) is 2.93. The third-order valence-corrected chi connectivity index (χ3v) is 4.16. The molecule has 0 spiro atoms. The van der Waals surface area contributed by atoms with Crippen LogP contribution in [0.4, 0.5) is 0 Å². The van der Waals surface area contributed by atoms with Crippen LogP contribution in [0, 0.1) is 6.92 Å². The molecule has 3 rings (SSSR count). The maximum Gasteiger partial charge on any atom is 0.124 e. The standard InChI is InChI=1S/C20H25NO2/c1-16-6-4-7-17(12-16)15-23-20-10-3-2-8-18(20)13-21-14-19-9-5-11-22-19/h2-4,6-8,10,12,19,21H,5,9,11,13-15H2,1H3/t19-/m0/s1. The van der Waals surface area contributed by atoms with Crippen molar-refractivity contribution in [2.24, 2.45) is 0 Å². The number of hydrogen-bond donors (Lipinski definition) is 1. The van der Waals surface area contributed by atoms with Crippen molar-refractivity contribution in [1.82, 2.24) is 5.32 Å². The lowest BCUT2D eigenvalue weighted by atomic mass is 10.1. The molecule has 0 radical (unpaired) electrons. The molecule has 2 aromatic carbocycles. The summed E-state index contributed by atoms with van der Waals surface area (Å²) in [6, 6.07) is 16.7. The van der Waals surface area contributed by atoms with E-state index in [1.807, 2.05) is 12.1 Å². The van der Waals surface area contributed by atoms with E-state index in [0.29, 0.717) is 12.7 Å². The molecule has 3 nitrogen and oxygen atoms in total. The van der Waals surface area contributed by atoms with Crippen LogP contribution in [0.25, 0.3) is 0 Å². The van der Waals surface area contributed by atoms with Crippen LogP contribution in [0.3, 0.4) is 0 Å². The molecule has 1 N–H and O–H groups in total. The van der Waals surface area contributed by atoms with Crippen LogP contribution in [0.5, 0.6) is 5.75 Å². The summed E-state index contributed by atoms with van der Waals surface area (Å²) < 4.78 is 11.7. The van der Waals surface area contributed by atoms with Crippen molar-refractivity contribution >= 4 is 0 Å². The summed E-state index contributed by atoms with van der Waals surface area (Å²) in [6.07, 6.45) is 2.72. The molecular formula is C20H25NO2. The van der Waals surface area contributed by atoms with Gasteiger partial charge in [0.25, 0.3) is 0 Å². The Morgan fingerprint density at radius 2 is 2.09 bits per heavy atom. The maximum absolute atomic E-state index is 6.03. The Hall–Kier alpha value is -1.84. The van der Waals surface area contributed by atoms with E-state index in [-0.39, 0.29) is 0 Å². The number of benzene rings is 2. The van der Waals surface area contributed by atoms with Gasteiger partial charge in [0, 0.05) is 25.3 Å². The summed E-state index contributed by atoms with van der Waals surface area (Å²) in [5.41, 5.74) is 3.66. The van der Waals surface area contributed by atoms with Crippen LogP contribution in [-0.2, 0) is 17.9 Å². The van der Waals surface area contributed by atoms with Crippen LogP contribution < -0.4 is 10.1 Å². The lowest BCUT2D eigenvalue weighted by Gasteiger charge is -2.14. The molecule has 0 amide bonds. The minimum Gasteiger partial charge on any atom is -0.489 e. The van der Waals surface area contributed by atoms with Gasteiger partial charge in [0.1, 0.15) is 12.4 Å². The van der Waals surface area contributed by atoms with Gasteiger partial charge < -0.3 is 14.8 Å². The Kier molecular flexibility index (Phi) is 5.67. The van der Waals surface area contributed by atoms with Gasteiger partial charge in [-0.25, -0.2) is 0 Å². The number of hydrogen-bond acceptors (Lipinski definition) is 3. The van der Waals surface area contributed by atoms with Gasteiger partial charge in [0.05, 0.1) is 6.10 Å². The molecule has 0 aromatic heterocycles. The highest BCUT2D eigenvalue weighted by Crippen LogP contribution is 2.20. The van der Waals surface area contributed by atoms with Crippen molar-refractivity contribution in [1.29, 1.82) is 0 Å². The van der Waals surface area contributed by atoms with Gasteiger partial charge in [-0.1, -0.05) is 48.0 Å². The molecule has 0 unspecified atom stereocenters. The van der Waals surface area contributed by atoms with Gasteiger partial charge in [-0.05, 0) is 31.4 Å². The number of nitrogens with one attached hydrogen (secondary N) is 1. The molecule has 2 aromatic rings. The first-order valence-electron chi connectivity index (χ1n) is 8.40. The Bertz CT molecular complexity index is 621. The van der Waals surface area contributed by atoms with Gasteiger partial charge in [-0.3, -0.25) is 0 Å². The van der Waals surface area contributed by atoms with Gasteiger partial charge >= 0.3 is 0 Å². The predicted molar refractivity (Wildman–Crippen MR) is 92.6 cm³/mol. The van der Waals surface area contributed by atoms with Crippen LogP contribution in [0.1, 0.15) is 29.5 Å². The van der Waals surface area contributed by atoms with Gasteiger partial charge in [0.15, 0.2) is 0 Å². The van der Waals surface area contributed by atoms with Gasteiger partial charge in [-0.2, -0.15) is 0 Å². The van der Waals surface area contributed by atoms with Crippen LogP contribution in [0.2, 0.25) is 0 Å². The van der Waals surface area contributed by atoms with Gasteiger partial charge in [-0.15, -0.1) is 0 Å². The van der Waals surface area contributed by atoms with Crippen molar-refractivity contribution in [3.8, 4) is 5.75 Å². The molecule has 0 bridgehead atoms. The van der Waals surface area contributed by atoms with E-state index in [1.54, 1.807) is 0 Å². The lowest BCUT2D eigenvalue weighted by Crippen LogP contribution is -2.25. The van der Waals surface area contributed by atoms with E-state index in [4.69, 9.17) is 9.47 Å². The summed E-state index contributed by atoms with van der Waals surface area (Å²) >= 11 is 0. The third-order valence-electron chi connectivity index (χ3n) is 4.16. The monoisotopic (exact) mass is 311 g/mol. The molecule has 1 aliphatic heterocycles. The zero-order valence-corrected chi connectivity index (χ0v) is 13.8. The van der Waals surface area contributed by atoms with E-state index in [1.165, 1.54) is 29.5 Å². The SMILES string of the molecule is Cc1cccc(COc2ccccc2CNC[C@@H]2CCCO2)c1. The van der Waals surface area contributed by atoms with Crippen molar-refractivity contribution in [2.45, 2.75) is 39.0 Å². The Labute approximate surface area is 138 Å². The fourth-order valence-corrected chi connectivity index (χ4v) is 2.93. The second-order valence-electron chi connectivity index (χ2n) is 6.15. The molecule has 1 saturated heterocycles. The average Bonchev–Trinajstić information content (AvgIpc) is 3.07. The number of para-hydroxylation sites is 1. The highest BCUT2D eigenvalue weighted by molar-refractivity contribution is 5.33. The van der Waals surface area contributed by atoms with Crippen LogP contribution in [0.15, 0.2) is 48.5 Å². The first-order chi connectivity index (χ1) is 11.3. The molecule has 1 heterocycles. The highest BCUT2D eigenvalue weighted by atomic mass is 16.5. The van der Waals surface area contributed by atoms with E-state index >= 15 is 0 Å². The summed E-state index contributed by atoms with van der Waals surface area (Å²) in [5, 5.41) is 3.49. The molecule has 0 saturated carbocycles. The van der Waals surface area contributed by atoms with E-state index in [2.05, 4.69) is 48.6 Å². The number of ether oxygens (including phenoxy) is 2. The first-order valence-corrected chi connectivity index (χ1v) is 8.40. The lowest BCUT2D eigenvalue weighted by molar-refractivity contribution is 0.110. The summed E-state index contributed by atoms with van der Waals surface area (Å²) in [5.74, 6) is 0.953. The van der Waals surface area contributed by atoms with E-state index in [0.717, 1.165) is 25.4 Å². The molecule has 3 heteroatoms. The Morgan fingerprint density at radius 1 is 1.17 bits per heavy atom. The molecule has 1 atom stereocenters. The van der Waals surface area contributed by atoms with Crippen molar-refractivity contribution in [3.05, 3.63) is 65.2 Å². The smallest absolute Gasteiger partial charge is 0.124 e. The molecule has 122 valence electrons. The van der Waals surface area contributed by atoms with Gasteiger partial charge in [0.2, 0.25) is 0 Å². The molecule has 1 aliphatic rings. The van der Waals surface area contributed by atoms with Crippen LogP contribution in [-0.4, -0.2) is 19.3 Å². The van der Waals surface area contributed by atoms with Crippen molar-refractivity contribution < 1.29 is 9.47 Å². The van der Waals surface area contributed by atoms with E-state index < -0.39 is 0 Å².